The van der Waals surface area contributed by atoms with Crippen LogP contribution in [0.25, 0.3) is 0 Å². The summed E-state index contributed by atoms with van der Waals surface area (Å²) in [4.78, 5) is 12.0. The molecule has 0 unspecified atom stereocenters. The van der Waals surface area contributed by atoms with Gasteiger partial charge in [0.05, 0.1) is 5.56 Å². The second-order valence-corrected chi connectivity index (χ2v) is 4.84. The van der Waals surface area contributed by atoms with Crippen LogP contribution in [0.15, 0.2) is 30.3 Å². The second kappa shape index (κ2) is 5.64. The average molecular weight is 317 g/mol. The van der Waals surface area contributed by atoms with Crippen molar-refractivity contribution in [2.75, 3.05) is 11.1 Å². The molecule has 0 radical (unpaired) electrons. The molecular weight excluding hydrogens is 309 g/mol. The van der Waals surface area contributed by atoms with Crippen molar-refractivity contribution >= 4 is 40.5 Å². The van der Waals surface area contributed by atoms with E-state index in [1.54, 1.807) is 0 Å². The summed E-state index contributed by atoms with van der Waals surface area (Å²) in [7, 11) is 0. The van der Waals surface area contributed by atoms with Gasteiger partial charge < -0.3 is 11.1 Å². The molecule has 104 valence electrons. The van der Waals surface area contributed by atoms with Gasteiger partial charge in [-0.25, -0.2) is 8.78 Å². The number of nitrogen functional groups attached to an aromatic ring is 1. The molecule has 2 aromatic rings. The highest BCUT2D eigenvalue weighted by Crippen LogP contribution is 2.24. The van der Waals surface area contributed by atoms with Gasteiger partial charge in [-0.1, -0.05) is 23.2 Å². The van der Waals surface area contributed by atoms with E-state index in [9.17, 15) is 13.6 Å². The molecule has 0 spiro atoms. The maximum Gasteiger partial charge on any atom is 0.257 e. The van der Waals surface area contributed by atoms with Crippen LogP contribution in [0.3, 0.4) is 0 Å². The van der Waals surface area contributed by atoms with E-state index in [1.165, 1.54) is 18.2 Å². The minimum atomic E-state index is -1.16. The third-order valence-electron chi connectivity index (χ3n) is 2.46. The Morgan fingerprint density at radius 2 is 1.55 bits per heavy atom. The van der Waals surface area contributed by atoms with Crippen LogP contribution in [0.5, 0.6) is 0 Å². The van der Waals surface area contributed by atoms with Crippen molar-refractivity contribution in [2.24, 2.45) is 0 Å². The van der Waals surface area contributed by atoms with Gasteiger partial charge in [-0.2, -0.15) is 0 Å². The summed E-state index contributed by atoms with van der Waals surface area (Å²) in [6.07, 6.45) is 0. The van der Waals surface area contributed by atoms with E-state index in [0.717, 1.165) is 12.1 Å². The third-order valence-corrected chi connectivity index (χ3v) is 2.89. The van der Waals surface area contributed by atoms with Gasteiger partial charge in [0.2, 0.25) is 0 Å². The van der Waals surface area contributed by atoms with E-state index < -0.39 is 17.5 Å². The lowest BCUT2D eigenvalue weighted by Gasteiger charge is -2.09. The zero-order chi connectivity index (χ0) is 14.9. The zero-order valence-corrected chi connectivity index (χ0v) is 11.4. The van der Waals surface area contributed by atoms with Crippen molar-refractivity contribution in [1.82, 2.24) is 0 Å². The largest absolute Gasteiger partial charge is 0.398 e. The quantitative estimate of drug-likeness (QED) is 0.819. The van der Waals surface area contributed by atoms with Crippen LogP contribution in [0, 0.1) is 11.6 Å². The van der Waals surface area contributed by atoms with Gasteiger partial charge in [0.1, 0.15) is 0 Å². The van der Waals surface area contributed by atoms with E-state index in [1.807, 2.05) is 0 Å². The van der Waals surface area contributed by atoms with Crippen LogP contribution in [0.1, 0.15) is 10.4 Å². The molecule has 2 aromatic carbocycles. The fraction of sp³-hybridized carbons (Fsp3) is 0. The smallest absolute Gasteiger partial charge is 0.257 e. The van der Waals surface area contributed by atoms with Crippen molar-refractivity contribution in [2.45, 2.75) is 0 Å². The number of nitrogens with one attached hydrogen (secondary N) is 1. The number of carbonyl (C=O) groups excluding carboxylic acids is 1. The second-order valence-electron chi connectivity index (χ2n) is 3.97. The van der Waals surface area contributed by atoms with Gasteiger partial charge in [0.15, 0.2) is 11.6 Å². The fourth-order valence-corrected chi connectivity index (χ4v) is 2.11. The van der Waals surface area contributed by atoms with Crippen LogP contribution < -0.4 is 11.1 Å². The molecule has 0 fully saturated rings. The van der Waals surface area contributed by atoms with Crippen LogP contribution in [-0.2, 0) is 0 Å². The van der Waals surface area contributed by atoms with Crippen molar-refractivity contribution in [3.05, 3.63) is 57.6 Å². The normalized spacial score (nSPS) is 10.4. The molecule has 0 aliphatic heterocycles. The van der Waals surface area contributed by atoms with Crippen molar-refractivity contribution in [1.29, 1.82) is 0 Å². The molecular formula is C13H8Cl2F2N2O. The van der Waals surface area contributed by atoms with Crippen LogP contribution in [-0.4, -0.2) is 5.91 Å². The van der Waals surface area contributed by atoms with Gasteiger partial charge >= 0.3 is 0 Å². The van der Waals surface area contributed by atoms with Crippen molar-refractivity contribution in [3.8, 4) is 0 Å². The summed E-state index contributed by atoms with van der Waals surface area (Å²) in [6, 6.07) is 5.88. The number of benzene rings is 2. The lowest BCUT2D eigenvalue weighted by molar-refractivity contribution is 0.102. The summed E-state index contributed by atoms with van der Waals surface area (Å²) < 4.78 is 26.1. The van der Waals surface area contributed by atoms with Gasteiger partial charge in [0.25, 0.3) is 5.91 Å². The number of rotatable bonds is 2. The molecule has 1 amide bonds. The molecule has 0 atom stereocenters. The first-order valence-electron chi connectivity index (χ1n) is 5.39. The number of hydrogen-bond acceptors (Lipinski definition) is 2. The van der Waals surface area contributed by atoms with Crippen molar-refractivity contribution < 1.29 is 13.6 Å². The minimum absolute atomic E-state index is 0.172. The number of hydrogen-bond donors (Lipinski definition) is 2. The Hall–Kier alpha value is -1.85. The number of halogens is 4. The molecule has 3 N–H and O–H groups in total. The number of amides is 1. The SMILES string of the molecule is Nc1cc(F)c(F)cc1C(=O)Nc1cc(Cl)cc(Cl)c1. The molecule has 0 saturated carbocycles. The molecule has 0 aromatic heterocycles. The highest BCUT2D eigenvalue weighted by Gasteiger charge is 2.15. The summed E-state index contributed by atoms with van der Waals surface area (Å²) in [6.45, 7) is 0. The van der Waals surface area contributed by atoms with Crippen molar-refractivity contribution in [3.63, 3.8) is 0 Å². The van der Waals surface area contributed by atoms with E-state index >= 15 is 0 Å². The first kappa shape index (κ1) is 14.6. The molecule has 3 nitrogen and oxygen atoms in total. The number of carbonyl (C=O) groups is 1. The Morgan fingerprint density at radius 3 is 2.15 bits per heavy atom. The van der Waals surface area contributed by atoms with E-state index in [-0.39, 0.29) is 11.3 Å². The highest BCUT2D eigenvalue weighted by atomic mass is 35.5. The molecule has 2 rings (SSSR count). The molecule has 0 aliphatic rings. The maximum absolute atomic E-state index is 13.1. The Morgan fingerprint density at radius 1 is 1.00 bits per heavy atom. The van der Waals surface area contributed by atoms with Crippen LogP contribution >= 0.6 is 23.2 Å². The summed E-state index contributed by atoms with van der Waals surface area (Å²) in [5.74, 6) is -2.97. The standard InChI is InChI=1S/C13H8Cl2F2N2O/c14-6-1-7(15)3-8(2-6)19-13(20)9-4-10(16)11(17)5-12(9)18/h1-5H,18H2,(H,19,20). The Kier molecular flexibility index (Phi) is 4.11. The van der Waals surface area contributed by atoms with Gasteiger partial charge in [-0.3, -0.25) is 4.79 Å². The molecule has 0 bridgehead atoms. The summed E-state index contributed by atoms with van der Waals surface area (Å²) in [5, 5.41) is 3.10. The topological polar surface area (TPSA) is 55.1 Å². The molecule has 0 aliphatic carbocycles. The van der Waals surface area contributed by atoms with E-state index in [2.05, 4.69) is 5.32 Å². The lowest BCUT2D eigenvalue weighted by atomic mass is 10.1. The third kappa shape index (κ3) is 3.18. The first-order chi connectivity index (χ1) is 9.36. The van der Waals surface area contributed by atoms with Crippen LogP contribution in [0.2, 0.25) is 10.0 Å². The summed E-state index contributed by atoms with van der Waals surface area (Å²) >= 11 is 11.6. The Balaban J connectivity index is 2.30. The Bertz CT molecular complexity index is 672. The minimum Gasteiger partial charge on any atom is -0.398 e. The maximum atomic E-state index is 13.1. The zero-order valence-electron chi connectivity index (χ0n) is 9.88. The predicted octanol–water partition coefficient (Wildman–Crippen LogP) is 4.11. The molecule has 7 heteroatoms. The average Bonchev–Trinajstić information content (AvgIpc) is 2.32. The summed E-state index contributed by atoms with van der Waals surface area (Å²) in [5.41, 5.74) is 5.45. The van der Waals surface area contributed by atoms with Gasteiger partial charge in [-0.15, -0.1) is 0 Å². The number of anilines is 2. The highest BCUT2D eigenvalue weighted by molar-refractivity contribution is 6.35. The predicted molar refractivity (Wildman–Crippen MR) is 75.2 cm³/mol. The van der Waals surface area contributed by atoms with Gasteiger partial charge in [0, 0.05) is 27.5 Å². The van der Waals surface area contributed by atoms with E-state index in [0.29, 0.717) is 15.7 Å². The molecule has 20 heavy (non-hydrogen) atoms. The van der Waals surface area contributed by atoms with Gasteiger partial charge in [-0.05, 0) is 24.3 Å². The number of nitrogens with two attached hydrogens (primary N) is 1. The van der Waals surface area contributed by atoms with E-state index in [4.69, 9.17) is 28.9 Å². The Labute approximate surface area is 123 Å². The molecule has 0 heterocycles. The lowest BCUT2D eigenvalue weighted by Crippen LogP contribution is -2.15. The first-order valence-corrected chi connectivity index (χ1v) is 6.14. The monoisotopic (exact) mass is 316 g/mol. The fourth-order valence-electron chi connectivity index (χ4n) is 1.58. The van der Waals surface area contributed by atoms with Crippen LogP contribution in [0.4, 0.5) is 20.2 Å². The molecule has 0 saturated heterocycles.